The van der Waals surface area contributed by atoms with Gasteiger partial charge in [0.1, 0.15) is 0 Å². The lowest BCUT2D eigenvalue weighted by Crippen LogP contribution is -2.22. The van der Waals surface area contributed by atoms with Crippen molar-refractivity contribution in [3.8, 4) is 0 Å². The zero-order valence-electron chi connectivity index (χ0n) is 8.31. The second kappa shape index (κ2) is 5.23. The molecule has 0 aliphatic rings. The van der Waals surface area contributed by atoms with Crippen LogP contribution in [-0.2, 0) is 6.54 Å². The zero-order valence-corrected chi connectivity index (χ0v) is 10.7. The quantitative estimate of drug-likeness (QED) is 0.946. The highest BCUT2D eigenvalue weighted by atomic mass is 79.9. The van der Waals surface area contributed by atoms with E-state index in [-0.39, 0.29) is 5.91 Å². The Hall–Kier alpha value is -1.20. The van der Waals surface area contributed by atoms with E-state index in [1.807, 2.05) is 17.5 Å². The molecule has 0 aliphatic carbocycles. The van der Waals surface area contributed by atoms with Gasteiger partial charge in [0.2, 0.25) is 0 Å². The molecular weight excluding hydrogens is 288 g/mol. The van der Waals surface area contributed by atoms with Crippen LogP contribution in [0, 0.1) is 0 Å². The Morgan fingerprint density at radius 2 is 2.38 bits per heavy atom. The maximum Gasteiger partial charge on any atom is 0.251 e. The minimum atomic E-state index is -0.0886. The summed E-state index contributed by atoms with van der Waals surface area (Å²) in [4.78, 5) is 15.8. The number of hydrogen-bond donors (Lipinski definition) is 1. The third-order valence-corrected chi connectivity index (χ3v) is 3.13. The Morgan fingerprint density at radius 3 is 3.06 bits per heavy atom. The van der Waals surface area contributed by atoms with Crippen LogP contribution in [0.3, 0.4) is 0 Å². The molecule has 16 heavy (non-hydrogen) atoms. The SMILES string of the molecule is O=C(NCc1cscn1)c1cccc(Br)c1. The summed E-state index contributed by atoms with van der Waals surface area (Å²) in [7, 11) is 0. The van der Waals surface area contributed by atoms with Crippen LogP contribution in [0.1, 0.15) is 16.1 Å². The smallest absolute Gasteiger partial charge is 0.251 e. The van der Waals surface area contributed by atoms with Crippen molar-refractivity contribution >= 4 is 33.2 Å². The molecule has 0 unspecified atom stereocenters. The topological polar surface area (TPSA) is 42.0 Å². The number of nitrogens with zero attached hydrogens (tertiary/aromatic N) is 1. The Morgan fingerprint density at radius 1 is 1.50 bits per heavy atom. The lowest BCUT2D eigenvalue weighted by molar-refractivity contribution is 0.0950. The first-order valence-electron chi connectivity index (χ1n) is 4.66. The molecule has 0 spiro atoms. The summed E-state index contributed by atoms with van der Waals surface area (Å²) < 4.78 is 0.897. The molecule has 0 saturated carbocycles. The molecule has 0 saturated heterocycles. The monoisotopic (exact) mass is 296 g/mol. The van der Waals surface area contributed by atoms with E-state index in [9.17, 15) is 4.79 Å². The Bertz CT molecular complexity index is 484. The van der Waals surface area contributed by atoms with Crippen LogP contribution in [0.25, 0.3) is 0 Å². The van der Waals surface area contributed by atoms with E-state index in [2.05, 4.69) is 26.2 Å². The molecule has 2 rings (SSSR count). The summed E-state index contributed by atoms with van der Waals surface area (Å²) in [6, 6.07) is 7.29. The molecule has 1 amide bonds. The van der Waals surface area contributed by atoms with Crippen molar-refractivity contribution in [3.05, 3.63) is 50.9 Å². The van der Waals surface area contributed by atoms with Crippen molar-refractivity contribution in [2.24, 2.45) is 0 Å². The third-order valence-electron chi connectivity index (χ3n) is 2.00. The van der Waals surface area contributed by atoms with Crippen molar-refractivity contribution in [1.29, 1.82) is 0 Å². The molecule has 0 radical (unpaired) electrons. The molecule has 3 nitrogen and oxygen atoms in total. The normalized spacial score (nSPS) is 10.1. The second-order valence-corrected chi connectivity index (χ2v) is 4.81. The number of benzene rings is 1. The van der Waals surface area contributed by atoms with Crippen molar-refractivity contribution in [2.75, 3.05) is 0 Å². The van der Waals surface area contributed by atoms with E-state index in [4.69, 9.17) is 0 Å². The number of rotatable bonds is 3. The van der Waals surface area contributed by atoms with Gasteiger partial charge in [-0.3, -0.25) is 4.79 Å². The van der Waals surface area contributed by atoms with Gasteiger partial charge in [0.05, 0.1) is 17.7 Å². The number of nitrogens with one attached hydrogen (secondary N) is 1. The van der Waals surface area contributed by atoms with Gasteiger partial charge in [0, 0.05) is 15.4 Å². The molecule has 82 valence electrons. The molecule has 0 atom stereocenters. The van der Waals surface area contributed by atoms with Crippen LogP contribution < -0.4 is 5.32 Å². The van der Waals surface area contributed by atoms with E-state index in [0.717, 1.165) is 10.2 Å². The lowest BCUT2D eigenvalue weighted by atomic mass is 10.2. The van der Waals surface area contributed by atoms with Crippen molar-refractivity contribution < 1.29 is 4.79 Å². The summed E-state index contributed by atoms with van der Waals surface area (Å²) in [5.74, 6) is -0.0886. The van der Waals surface area contributed by atoms with Gasteiger partial charge < -0.3 is 5.32 Å². The maximum atomic E-state index is 11.7. The average molecular weight is 297 g/mol. The summed E-state index contributed by atoms with van der Waals surface area (Å²) in [6.07, 6.45) is 0. The Kier molecular flexibility index (Phi) is 3.69. The van der Waals surface area contributed by atoms with Crippen LogP contribution >= 0.6 is 27.3 Å². The number of carbonyl (C=O) groups is 1. The van der Waals surface area contributed by atoms with Crippen molar-refractivity contribution in [1.82, 2.24) is 10.3 Å². The van der Waals surface area contributed by atoms with Crippen molar-refractivity contribution in [2.45, 2.75) is 6.54 Å². The molecule has 1 heterocycles. The van der Waals surface area contributed by atoms with Gasteiger partial charge in [-0.25, -0.2) is 4.98 Å². The Balaban J connectivity index is 1.98. The van der Waals surface area contributed by atoms with Crippen LogP contribution in [0.2, 0.25) is 0 Å². The molecule has 5 heteroatoms. The molecule has 1 aromatic carbocycles. The van der Waals surface area contributed by atoms with Gasteiger partial charge in [-0.1, -0.05) is 22.0 Å². The first kappa shape index (κ1) is 11.3. The fraction of sp³-hybridized carbons (Fsp3) is 0.0909. The van der Waals surface area contributed by atoms with Gasteiger partial charge in [-0.05, 0) is 18.2 Å². The highest BCUT2D eigenvalue weighted by Crippen LogP contribution is 2.11. The van der Waals surface area contributed by atoms with E-state index in [0.29, 0.717) is 12.1 Å². The van der Waals surface area contributed by atoms with Crippen LogP contribution in [0.15, 0.2) is 39.6 Å². The van der Waals surface area contributed by atoms with E-state index in [1.165, 1.54) is 11.3 Å². The predicted octanol–water partition coefficient (Wildman–Crippen LogP) is 2.84. The fourth-order valence-electron chi connectivity index (χ4n) is 1.23. The summed E-state index contributed by atoms with van der Waals surface area (Å²) >= 11 is 4.85. The largest absolute Gasteiger partial charge is 0.346 e. The minimum Gasteiger partial charge on any atom is -0.346 e. The van der Waals surface area contributed by atoms with Crippen LogP contribution in [0.4, 0.5) is 0 Å². The second-order valence-electron chi connectivity index (χ2n) is 3.17. The molecule has 0 aliphatic heterocycles. The fourth-order valence-corrected chi connectivity index (χ4v) is 2.19. The van der Waals surface area contributed by atoms with E-state index < -0.39 is 0 Å². The standard InChI is InChI=1S/C11H9BrN2OS/c12-9-3-1-2-8(4-9)11(15)13-5-10-6-16-7-14-10/h1-4,6-7H,5H2,(H,13,15). The summed E-state index contributed by atoms with van der Waals surface area (Å²) in [6.45, 7) is 0.467. The third kappa shape index (κ3) is 2.90. The number of thiazole rings is 1. The van der Waals surface area contributed by atoms with E-state index >= 15 is 0 Å². The lowest BCUT2D eigenvalue weighted by Gasteiger charge is -2.03. The van der Waals surface area contributed by atoms with E-state index in [1.54, 1.807) is 17.6 Å². The molecule has 2 aromatic rings. The van der Waals surface area contributed by atoms with Gasteiger partial charge in [-0.15, -0.1) is 11.3 Å². The van der Waals surface area contributed by atoms with Crippen LogP contribution in [0.5, 0.6) is 0 Å². The molecule has 1 N–H and O–H groups in total. The van der Waals surface area contributed by atoms with Gasteiger partial charge in [0.15, 0.2) is 0 Å². The zero-order chi connectivity index (χ0) is 11.4. The number of hydrogen-bond acceptors (Lipinski definition) is 3. The minimum absolute atomic E-state index is 0.0886. The summed E-state index contributed by atoms with van der Waals surface area (Å²) in [5.41, 5.74) is 3.28. The predicted molar refractivity (Wildman–Crippen MR) is 67.4 cm³/mol. The Labute approximate surface area is 106 Å². The van der Waals surface area contributed by atoms with Crippen molar-refractivity contribution in [3.63, 3.8) is 0 Å². The molecule has 0 bridgehead atoms. The summed E-state index contributed by atoms with van der Waals surface area (Å²) in [5, 5.41) is 4.73. The number of halogens is 1. The highest BCUT2D eigenvalue weighted by Gasteiger charge is 2.05. The number of aromatic nitrogens is 1. The first-order chi connectivity index (χ1) is 7.75. The average Bonchev–Trinajstić information content (AvgIpc) is 2.78. The van der Waals surface area contributed by atoms with Gasteiger partial charge >= 0.3 is 0 Å². The first-order valence-corrected chi connectivity index (χ1v) is 6.40. The van der Waals surface area contributed by atoms with Gasteiger partial charge in [-0.2, -0.15) is 0 Å². The molecular formula is C11H9BrN2OS. The molecule has 1 aromatic heterocycles. The maximum absolute atomic E-state index is 11.7. The van der Waals surface area contributed by atoms with Gasteiger partial charge in [0.25, 0.3) is 5.91 Å². The highest BCUT2D eigenvalue weighted by molar-refractivity contribution is 9.10. The number of amides is 1. The van der Waals surface area contributed by atoms with Crippen LogP contribution in [-0.4, -0.2) is 10.9 Å². The number of carbonyl (C=O) groups excluding carboxylic acids is 1. The molecule has 0 fully saturated rings.